The summed E-state index contributed by atoms with van der Waals surface area (Å²) < 4.78 is 46.1. The molecule has 0 spiro atoms. The molecule has 1 aliphatic carbocycles. The van der Waals surface area contributed by atoms with E-state index in [0.29, 0.717) is 6.61 Å². The van der Waals surface area contributed by atoms with Gasteiger partial charge in [0.25, 0.3) is 0 Å². The summed E-state index contributed by atoms with van der Waals surface area (Å²) in [4.78, 5) is 3.92. The highest BCUT2D eigenvalue weighted by atomic mass is 127. The smallest absolute Gasteiger partial charge is 0.238 e. The predicted octanol–water partition coefficient (Wildman–Crippen LogP) is 4.34. The zero-order valence-corrected chi connectivity index (χ0v) is 19.3. The molecule has 1 aliphatic rings. The van der Waals surface area contributed by atoms with Crippen LogP contribution < -0.4 is 4.31 Å². The number of pyridine rings is 1. The van der Waals surface area contributed by atoms with Crippen LogP contribution in [0.5, 0.6) is 0 Å². The second kappa shape index (κ2) is 8.36. The molecular weight excluding hydrogens is 498 g/mol. The van der Waals surface area contributed by atoms with E-state index < -0.39 is 23.9 Å². The minimum absolute atomic E-state index is 0.00577. The van der Waals surface area contributed by atoms with Crippen molar-refractivity contribution < 1.29 is 17.5 Å². The Bertz CT molecular complexity index is 726. The van der Waals surface area contributed by atoms with Gasteiger partial charge in [-0.3, -0.25) is 0 Å². The molecule has 0 aromatic carbocycles. The fraction of sp³-hybridized carbons (Fsp3) is 0.667. The molecule has 0 radical (unpaired) electrons. The van der Waals surface area contributed by atoms with Gasteiger partial charge >= 0.3 is 0 Å². The van der Waals surface area contributed by atoms with Gasteiger partial charge in [-0.15, -0.1) is 0 Å². The molecule has 142 valence electrons. The molecule has 1 saturated carbocycles. The molecule has 0 N–H and O–H groups in total. The fourth-order valence-corrected chi connectivity index (χ4v) is 5.25. The van der Waals surface area contributed by atoms with E-state index in [4.69, 9.17) is 16.3 Å². The lowest BCUT2D eigenvalue weighted by molar-refractivity contribution is 0.156. The molecule has 0 unspecified atom stereocenters. The summed E-state index contributed by atoms with van der Waals surface area (Å²) in [6.07, 6.45) is 2.81. The molecule has 2 rings (SSSR count). The third-order valence-corrected chi connectivity index (χ3v) is 9.10. The van der Waals surface area contributed by atoms with E-state index in [1.807, 2.05) is 0 Å². The number of aromatic nitrogens is 1. The molecule has 5 nitrogen and oxygen atoms in total. The van der Waals surface area contributed by atoms with Crippen LogP contribution in [-0.4, -0.2) is 40.6 Å². The van der Waals surface area contributed by atoms with Crippen LogP contribution in [0, 0.1) is 15.3 Å². The van der Waals surface area contributed by atoms with Crippen molar-refractivity contribution in [3.05, 3.63) is 20.6 Å². The van der Waals surface area contributed by atoms with E-state index in [9.17, 15) is 12.8 Å². The predicted molar refractivity (Wildman–Crippen MR) is 110 cm³/mol. The Hall–Kier alpha value is 0.0269. The maximum atomic E-state index is 13.6. The molecule has 1 heterocycles. The molecule has 1 aromatic heterocycles. The highest BCUT2D eigenvalue weighted by molar-refractivity contribution is 14.1. The zero-order chi connectivity index (χ0) is 18.8. The largest absolute Gasteiger partial charge is 0.360 e. The number of sulfonamides is 1. The summed E-state index contributed by atoms with van der Waals surface area (Å²) >= 11 is 7.92. The summed E-state index contributed by atoms with van der Waals surface area (Å²) in [7, 11) is -4.92. The van der Waals surface area contributed by atoms with E-state index in [0.717, 1.165) is 29.4 Å². The average Bonchev–Trinajstić information content (AvgIpc) is 3.28. The third-order valence-electron chi connectivity index (χ3n) is 3.82. The van der Waals surface area contributed by atoms with E-state index in [-0.39, 0.29) is 32.8 Å². The van der Waals surface area contributed by atoms with Gasteiger partial charge in [0.2, 0.25) is 10.0 Å². The van der Waals surface area contributed by atoms with E-state index in [1.54, 1.807) is 22.6 Å². The Morgan fingerprint density at radius 1 is 1.44 bits per heavy atom. The van der Waals surface area contributed by atoms with E-state index in [2.05, 4.69) is 24.6 Å². The van der Waals surface area contributed by atoms with Gasteiger partial charge in [-0.05, 0) is 47.4 Å². The summed E-state index contributed by atoms with van der Waals surface area (Å²) in [6.45, 7) is 6.98. The standard InChI is InChI=1S/C15H23ClFIN2O3SSi/c1-25(2,3)7-6-23-10-20(24(21,22)9-11-4-5-11)15-13(16)14(18)12(17)8-19-15/h8,11H,4-7,9-10H2,1-3H3. The second-order valence-corrected chi connectivity index (χ2v) is 16.5. The Morgan fingerprint density at radius 3 is 2.64 bits per heavy atom. The van der Waals surface area contributed by atoms with Crippen LogP contribution in [0.15, 0.2) is 6.20 Å². The summed E-state index contributed by atoms with van der Waals surface area (Å²) in [5.74, 6) is -0.335. The van der Waals surface area contributed by atoms with Crippen molar-refractivity contribution in [3.63, 3.8) is 0 Å². The Labute approximate surface area is 168 Å². The van der Waals surface area contributed by atoms with Gasteiger partial charge in [0.05, 0.1) is 15.5 Å². The van der Waals surface area contributed by atoms with Crippen LogP contribution in [0.3, 0.4) is 0 Å². The van der Waals surface area contributed by atoms with Gasteiger partial charge in [0.1, 0.15) is 11.8 Å². The Kier molecular flexibility index (Phi) is 7.14. The first-order chi connectivity index (χ1) is 11.5. The van der Waals surface area contributed by atoms with Gasteiger partial charge in [-0.1, -0.05) is 31.2 Å². The van der Waals surface area contributed by atoms with Crippen LogP contribution in [0.1, 0.15) is 12.8 Å². The fourth-order valence-electron chi connectivity index (χ4n) is 2.08. The van der Waals surface area contributed by atoms with Crippen LogP contribution in [0.25, 0.3) is 0 Å². The first kappa shape index (κ1) is 21.3. The van der Waals surface area contributed by atoms with Crippen molar-refractivity contribution in [2.24, 2.45) is 5.92 Å². The third kappa shape index (κ3) is 6.30. The van der Waals surface area contributed by atoms with Gasteiger partial charge in [-0.2, -0.15) is 0 Å². The Morgan fingerprint density at radius 2 is 2.08 bits per heavy atom. The number of nitrogens with zero attached hydrogens (tertiary/aromatic N) is 2. The number of anilines is 1. The Balaban J connectivity index is 2.21. The van der Waals surface area contributed by atoms with Crippen molar-refractivity contribution in [2.75, 3.05) is 23.4 Å². The summed E-state index contributed by atoms with van der Waals surface area (Å²) in [5.41, 5.74) is 0. The first-order valence-electron chi connectivity index (χ1n) is 8.09. The van der Waals surface area contributed by atoms with Gasteiger partial charge in [-0.25, -0.2) is 22.1 Å². The zero-order valence-electron chi connectivity index (χ0n) is 14.6. The average molecular weight is 521 g/mol. The lowest BCUT2D eigenvalue weighted by Gasteiger charge is -2.25. The van der Waals surface area contributed by atoms with Gasteiger partial charge in [0, 0.05) is 14.7 Å². The second-order valence-electron chi connectivity index (χ2n) is 7.48. The molecule has 0 aliphatic heterocycles. The molecule has 0 amide bonds. The normalized spacial score (nSPS) is 15.4. The maximum absolute atomic E-state index is 13.6. The van der Waals surface area contributed by atoms with Crippen LogP contribution in [0.4, 0.5) is 10.2 Å². The number of rotatable bonds is 9. The van der Waals surface area contributed by atoms with E-state index in [1.165, 1.54) is 0 Å². The van der Waals surface area contributed by atoms with Crippen molar-refractivity contribution in [3.8, 4) is 0 Å². The van der Waals surface area contributed by atoms with Crippen molar-refractivity contribution in [1.29, 1.82) is 0 Å². The monoisotopic (exact) mass is 520 g/mol. The molecule has 1 fully saturated rings. The quantitative estimate of drug-likeness (QED) is 0.210. The molecule has 0 saturated heterocycles. The summed E-state index contributed by atoms with van der Waals surface area (Å²) in [6, 6.07) is 0.922. The minimum atomic E-state index is -3.63. The summed E-state index contributed by atoms with van der Waals surface area (Å²) in [5, 5.41) is -0.00577. The van der Waals surface area contributed by atoms with Crippen LogP contribution >= 0.6 is 34.2 Å². The van der Waals surface area contributed by atoms with Crippen molar-refractivity contribution in [1.82, 2.24) is 4.98 Å². The molecule has 25 heavy (non-hydrogen) atoms. The lowest BCUT2D eigenvalue weighted by atomic mass is 10.4. The number of hydrogen-bond acceptors (Lipinski definition) is 4. The van der Waals surface area contributed by atoms with E-state index >= 15 is 0 Å². The molecule has 0 atom stereocenters. The minimum Gasteiger partial charge on any atom is -0.360 e. The molecule has 10 heteroatoms. The van der Waals surface area contributed by atoms with Gasteiger partial charge < -0.3 is 4.74 Å². The topological polar surface area (TPSA) is 59.5 Å². The van der Waals surface area contributed by atoms with Gasteiger partial charge in [0.15, 0.2) is 11.6 Å². The van der Waals surface area contributed by atoms with Crippen molar-refractivity contribution >= 4 is 58.1 Å². The lowest BCUT2D eigenvalue weighted by Crippen LogP contribution is -2.37. The highest BCUT2D eigenvalue weighted by Gasteiger charge is 2.34. The first-order valence-corrected chi connectivity index (χ1v) is 14.9. The highest BCUT2D eigenvalue weighted by Crippen LogP contribution is 2.35. The number of halogens is 3. The van der Waals surface area contributed by atoms with Crippen molar-refractivity contribution in [2.45, 2.75) is 38.5 Å². The number of hydrogen-bond donors (Lipinski definition) is 0. The maximum Gasteiger partial charge on any atom is 0.238 e. The molecular formula is C15H23ClFIN2O3SSi. The molecule has 1 aromatic rings. The molecule has 0 bridgehead atoms. The van der Waals surface area contributed by atoms with Crippen LogP contribution in [0.2, 0.25) is 30.7 Å². The SMILES string of the molecule is C[Si](C)(C)CCOCN(c1ncc(F)c(I)c1Cl)S(=O)(=O)CC1CC1. The number of ether oxygens (including phenoxy) is 1. The van der Waals surface area contributed by atoms with Crippen LogP contribution in [-0.2, 0) is 14.8 Å².